The van der Waals surface area contributed by atoms with Gasteiger partial charge in [0.25, 0.3) is 0 Å². The number of benzene rings is 1. The van der Waals surface area contributed by atoms with Crippen molar-refractivity contribution >= 4 is 6.08 Å². The molecule has 0 N–H and O–H groups in total. The molecule has 0 heterocycles. The maximum Gasteiger partial charge on any atom is -0.0230 e. The molecule has 1 fully saturated rings. The lowest BCUT2D eigenvalue weighted by Gasteiger charge is -2.17. The summed E-state index contributed by atoms with van der Waals surface area (Å²) in [4.78, 5) is 0. The van der Waals surface area contributed by atoms with Gasteiger partial charge in [0.05, 0.1) is 0 Å². The molecule has 0 bridgehead atoms. The van der Waals surface area contributed by atoms with Gasteiger partial charge in [-0.25, -0.2) is 0 Å². The normalized spacial score (nSPS) is 18.5. The lowest BCUT2D eigenvalue weighted by molar-refractivity contribution is 0.419. The lowest BCUT2D eigenvalue weighted by atomic mass is 9.89. The third-order valence-corrected chi connectivity index (χ3v) is 3.23. The van der Waals surface area contributed by atoms with Gasteiger partial charge in [-0.2, -0.15) is 0 Å². The van der Waals surface area contributed by atoms with Crippen LogP contribution in [-0.4, -0.2) is 0 Å². The highest BCUT2D eigenvalue weighted by Crippen LogP contribution is 2.24. The van der Waals surface area contributed by atoms with Crippen molar-refractivity contribution in [2.75, 3.05) is 0 Å². The highest BCUT2D eigenvalue weighted by molar-refractivity contribution is 5.50. The Morgan fingerprint density at radius 2 is 1.62 bits per heavy atom. The molecule has 0 heteroatoms. The van der Waals surface area contributed by atoms with Crippen LogP contribution in [0.5, 0.6) is 0 Å². The fraction of sp³-hybridized carbons (Fsp3) is 0.375. The van der Waals surface area contributed by atoms with Crippen LogP contribution < -0.4 is 0 Å². The Hall–Kier alpha value is -1.30. The van der Waals surface area contributed by atoms with Crippen molar-refractivity contribution in [1.29, 1.82) is 0 Å². The predicted molar refractivity (Wildman–Crippen MR) is 71.2 cm³/mol. The molecule has 0 nitrogen and oxygen atoms in total. The first-order valence-electron chi connectivity index (χ1n) is 6.35. The van der Waals surface area contributed by atoms with E-state index in [4.69, 9.17) is 0 Å². The van der Waals surface area contributed by atoms with Crippen LogP contribution in [0, 0.1) is 5.92 Å². The Kier molecular flexibility index (Phi) is 4.42. The Bertz CT molecular complexity index is 340. The van der Waals surface area contributed by atoms with Crippen LogP contribution in [0.2, 0.25) is 0 Å². The van der Waals surface area contributed by atoms with E-state index in [1.807, 2.05) is 0 Å². The predicted octanol–water partition coefficient (Wildman–Crippen LogP) is 4.84. The molecule has 1 aromatic carbocycles. The molecule has 1 aliphatic carbocycles. The van der Waals surface area contributed by atoms with Crippen molar-refractivity contribution in [3.05, 3.63) is 54.1 Å². The van der Waals surface area contributed by atoms with Crippen molar-refractivity contribution in [2.45, 2.75) is 32.1 Å². The standard InChI is InChI=1S/C16H20/c1-3-9-15(10-4-1)13-7-8-14-16-11-5-2-6-12-16/h1,3-4,7-10,13-14,16H,2,5-6,11-12H2/b13-7+,14-8+. The minimum absolute atomic E-state index is 0.828. The summed E-state index contributed by atoms with van der Waals surface area (Å²) in [5.74, 6) is 0.828. The molecule has 1 aliphatic rings. The van der Waals surface area contributed by atoms with E-state index in [0.29, 0.717) is 0 Å². The van der Waals surface area contributed by atoms with Crippen molar-refractivity contribution in [3.63, 3.8) is 0 Å². The van der Waals surface area contributed by atoms with Gasteiger partial charge in [0, 0.05) is 0 Å². The Morgan fingerprint density at radius 1 is 0.875 bits per heavy atom. The van der Waals surface area contributed by atoms with E-state index in [9.17, 15) is 0 Å². The summed E-state index contributed by atoms with van der Waals surface area (Å²) >= 11 is 0. The fourth-order valence-corrected chi connectivity index (χ4v) is 2.28. The Balaban J connectivity index is 1.82. The van der Waals surface area contributed by atoms with E-state index >= 15 is 0 Å². The maximum atomic E-state index is 2.37. The highest BCUT2D eigenvalue weighted by atomic mass is 14.1. The average Bonchev–Trinajstić information content (AvgIpc) is 2.37. The number of hydrogen-bond acceptors (Lipinski definition) is 0. The fourth-order valence-electron chi connectivity index (χ4n) is 2.28. The molecule has 0 aliphatic heterocycles. The molecule has 0 spiro atoms. The lowest BCUT2D eigenvalue weighted by Crippen LogP contribution is -2.02. The van der Waals surface area contributed by atoms with Crippen molar-refractivity contribution in [1.82, 2.24) is 0 Å². The summed E-state index contributed by atoms with van der Waals surface area (Å²) in [6.07, 6.45) is 15.9. The first-order valence-corrected chi connectivity index (χ1v) is 6.35. The van der Waals surface area contributed by atoms with E-state index in [1.54, 1.807) is 0 Å². The first kappa shape index (κ1) is 11.2. The number of hydrogen-bond donors (Lipinski definition) is 0. The van der Waals surface area contributed by atoms with Gasteiger partial charge in [0.15, 0.2) is 0 Å². The Morgan fingerprint density at radius 3 is 2.38 bits per heavy atom. The summed E-state index contributed by atoms with van der Waals surface area (Å²) in [6, 6.07) is 10.5. The largest absolute Gasteiger partial charge is 0.0814 e. The van der Waals surface area contributed by atoms with Gasteiger partial charge < -0.3 is 0 Å². The molecule has 0 aromatic heterocycles. The van der Waals surface area contributed by atoms with E-state index < -0.39 is 0 Å². The van der Waals surface area contributed by atoms with Gasteiger partial charge in [-0.3, -0.25) is 0 Å². The Labute approximate surface area is 98.7 Å². The van der Waals surface area contributed by atoms with Gasteiger partial charge >= 0.3 is 0 Å². The first-order chi connectivity index (χ1) is 7.95. The van der Waals surface area contributed by atoms with Gasteiger partial charge in [-0.05, 0) is 24.3 Å². The third kappa shape index (κ3) is 3.69. The molecule has 1 saturated carbocycles. The van der Waals surface area contributed by atoms with Crippen LogP contribution >= 0.6 is 0 Å². The van der Waals surface area contributed by atoms with Gasteiger partial charge in [-0.1, -0.05) is 73.9 Å². The minimum atomic E-state index is 0.828. The molecule has 0 saturated heterocycles. The molecular weight excluding hydrogens is 192 g/mol. The molecule has 2 rings (SSSR count). The van der Waals surface area contributed by atoms with Crippen molar-refractivity contribution < 1.29 is 0 Å². The van der Waals surface area contributed by atoms with Crippen LogP contribution in [-0.2, 0) is 0 Å². The van der Waals surface area contributed by atoms with Gasteiger partial charge in [0.1, 0.15) is 0 Å². The van der Waals surface area contributed by atoms with E-state index in [0.717, 1.165) is 5.92 Å². The van der Waals surface area contributed by atoms with Crippen LogP contribution in [0.3, 0.4) is 0 Å². The van der Waals surface area contributed by atoms with E-state index in [1.165, 1.54) is 37.7 Å². The zero-order valence-electron chi connectivity index (χ0n) is 9.81. The average molecular weight is 212 g/mol. The van der Waals surface area contributed by atoms with Crippen LogP contribution in [0.1, 0.15) is 37.7 Å². The second kappa shape index (κ2) is 6.32. The zero-order valence-corrected chi connectivity index (χ0v) is 9.81. The minimum Gasteiger partial charge on any atom is -0.0814 e. The summed E-state index contributed by atoms with van der Waals surface area (Å²) in [5, 5.41) is 0. The molecule has 1 aromatic rings. The van der Waals surface area contributed by atoms with Crippen LogP contribution in [0.4, 0.5) is 0 Å². The number of allylic oxidation sites excluding steroid dienone is 3. The number of rotatable bonds is 3. The molecule has 0 radical (unpaired) electrons. The smallest absolute Gasteiger partial charge is 0.0230 e. The van der Waals surface area contributed by atoms with E-state index in [-0.39, 0.29) is 0 Å². The summed E-state index contributed by atoms with van der Waals surface area (Å²) in [5.41, 5.74) is 1.27. The second-order valence-corrected chi connectivity index (χ2v) is 4.55. The molecule has 0 unspecified atom stereocenters. The van der Waals surface area contributed by atoms with Gasteiger partial charge in [0.2, 0.25) is 0 Å². The van der Waals surface area contributed by atoms with Crippen molar-refractivity contribution in [3.8, 4) is 0 Å². The van der Waals surface area contributed by atoms with E-state index in [2.05, 4.69) is 54.6 Å². The molecular formula is C16H20. The van der Waals surface area contributed by atoms with Crippen molar-refractivity contribution in [2.24, 2.45) is 5.92 Å². The summed E-state index contributed by atoms with van der Waals surface area (Å²) < 4.78 is 0. The zero-order chi connectivity index (χ0) is 11.1. The topological polar surface area (TPSA) is 0 Å². The molecule has 0 atom stereocenters. The summed E-state index contributed by atoms with van der Waals surface area (Å²) in [6.45, 7) is 0. The highest BCUT2D eigenvalue weighted by Gasteiger charge is 2.08. The quantitative estimate of drug-likeness (QED) is 0.629. The molecule has 16 heavy (non-hydrogen) atoms. The SMILES string of the molecule is C(/C=C/C1CCCCC1)=C\c1ccccc1. The maximum absolute atomic E-state index is 2.37. The van der Waals surface area contributed by atoms with Gasteiger partial charge in [-0.15, -0.1) is 0 Å². The van der Waals surface area contributed by atoms with Crippen LogP contribution in [0.25, 0.3) is 6.08 Å². The molecule has 84 valence electrons. The van der Waals surface area contributed by atoms with Crippen LogP contribution in [0.15, 0.2) is 48.6 Å². The second-order valence-electron chi connectivity index (χ2n) is 4.55. The molecule has 0 amide bonds. The monoisotopic (exact) mass is 212 g/mol. The summed E-state index contributed by atoms with van der Waals surface area (Å²) in [7, 11) is 0. The third-order valence-electron chi connectivity index (χ3n) is 3.23.